The molecule has 7 heteroatoms. The van der Waals surface area contributed by atoms with Gasteiger partial charge in [-0.25, -0.2) is 24.4 Å². The Balaban J connectivity index is 3.32. The highest BCUT2D eigenvalue weighted by Crippen LogP contribution is 2.20. The van der Waals surface area contributed by atoms with Crippen LogP contribution in [-0.2, 0) is 9.47 Å². The van der Waals surface area contributed by atoms with Gasteiger partial charge in [0.05, 0.1) is 5.69 Å². The number of guanidine groups is 1. The Hall–Kier alpha value is -2.57. The van der Waals surface area contributed by atoms with Gasteiger partial charge >= 0.3 is 12.2 Å². The fourth-order valence-corrected chi connectivity index (χ4v) is 2.11. The van der Waals surface area contributed by atoms with Crippen molar-refractivity contribution in [3.63, 3.8) is 0 Å². The Morgan fingerprint density at radius 2 is 1.25 bits per heavy atom. The Labute approximate surface area is 168 Å². The van der Waals surface area contributed by atoms with E-state index in [1.54, 1.807) is 41.5 Å². The fourth-order valence-electron chi connectivity index (χ4n) is 2.11. The lowest BCUT2D eigenvalue weighted by molar-refractivity contribution is 0.0325. The maximum Gasteiger partial charge on any atom is 0.416 e. The minimum atomic E-state index is -0.679. The van der Waals surface area contributed by atoms with Crippen molar-refractivity contribution in [1.82, 2.24) is 9.80 Å². The molecule has 0 heterocycles. The second-order valence-electron chi connectivity index (χ2n) is 8.76. The van der Waals surface area contributed by atoms with E-state index >= 15 is 0 Å². The Bertz CT molecular complexity index is 722. The highest BCUT2D eigenvalue weighted by atomic mass is 16.6. The molecule has 0 N–H and O–H groups in total. The third-order valence-corrected chi connectivity index (χ3v) is 3.65. The van der Waals surface area contributed by atoms with E-state index in [1.807, 2.05) is 32.0 Å². The molecule has 0 radical (unpaired) electrons. The van der Waals surface area contributed by atoms with Crippen LogP contribution in [-0.4, -0.2) is 53.2 Å². The van der Waals surface area contributed by atoms with Crippen molar-refractivity contribution >= 4 is 23.8 Å². The SMILES string of the molecule is Cc1ccc(N=C(N(C)C(=O)OC(C)(C)C)N(C)C(=O)OC(C)(C)C)cc1C. The second-order valence-corrected chi connectivity index (χ2v) is 8.76. The van der Waals surface area contributed by atoms with Crippen LogP contribution in [0.15, 0.2) is 23.2 Å². The lowest BCUT2D eigenvalue weighted by Gasteiger charge is -2.30. The van der Waals surface area contributed by atoms with Crippen LogP contribution in [0.3, 0.4) is 0 Å². The van der Waals surface area contributed by atoms with Gasteiger partial charge in [-0.05, 0) is 78.6 Å². The highest BCUT2D eigenvalue weighted by molar-refractivity contribution is 6.02. The van der Waals surface area contributed by atoms with Crippen molar-refractivity contribution < 1.29 is 19.1 Å². The van der Waals surface area contributed by atoms with Gasteiger partial charge < -0.3 is 9.47 Å². The Kier molecular flexibility index (Phi) is 7.23. The van der Waals surface area contributed by atoms with Crippen molar-refractivity contribution in [3.8, 4) is 0 Å². The van der Waals surface area contributed by atoms with Crippen molar-refractivity contribution in [2.24, 2.45) is 4.99 Å². The van der Waals surface area contributed by atoms with Gasteiger partial charge in [-0.15, -0.1) is 0 Å². The zero-order valence-electron chi connectivity index (χ0n) is 18.7. The van der Waals surface area contributed by atoms with Crippen LogP contribution in [0.2, 0.25) is 0 Å². The first-order valence-corrected chi connectivity index (χ1v) is 9.20. The van der Waals surface area contributed by atoms with Gasteiger partial charge in [0.1, 0.15) is 11.2 Å². The quantitative estimate of drug-likeness (QED) is 0.497. The van der Waals surface area contributed by atoms with E-state index in [4.69, 9.17) is 9.47 Å². The largest absolute Gasteiger partial charge is 0.443 e. The molecule has 156 valence electrons. The third-order valence-electron chi connectivity index (χ3n) is 3.65. The zero-order valence-corrected chi connectivity index (χ0v) is 18.7. The topological polar surface area (TPSA) is 71.4 Å². The molecule has 1 aromatic rings. The van der Waals surface area contributed by atoms with Crippen LogP contribution in [0.25, 0.3) is 0 Å². The number of amides is 2. The zero-order chi connectivity index (χ0) is 21.9. The number of aliphatic imine (C=N–C) groups is 1. The average Bonchev–Trinajstić information content (AvgIpc) is 2.51. The van der Waals surface area contributed by atoms with Crippen LogP contribution >= 0.6 is 0 Å². The predicted molar refractivity (Wildman–Crippen MR) is 111 cm³/mol. The molecule has 28 heavy (non-hydrogen) atoms. The summed E-state index contributed by atoms with van der Waals surface area (Å²) in [5.41, 5.74) is 1.44. The first-order valence-electron chi connectivity index (χ1n) is 9.20. The number of rotatable bonds is 1. The number of hydrogen-bond acceptors (Lipinski definition) is 5. The monoisotopic (exact) mass is 391 g/mol. The molecule has 0 unspecified atom stereocenters. The molecule has 0 saturated heterocycles. The minimum absolute atomic E-state index is 0.103. The third kappa shape index (κ3) is 7.21. The van der Waals surface area contributed by atoms with E-state index in [2.05, 4.69) is 4.99 Å². The van der Waals surface area contributed by atoms with Gasteiger partial charge in [0.25, 0.3) is 0 Å². The van der Waals surface area contributed by atoms with Crippen LogP contribution < -0.4 is 0 Å². The van der Waals surface area contributed by atoms with Gasteiger partial charge in [0, 0.05) is 14.1 Å². The molecule has 0 aromatic heterocycles. The van der Waals surface area contributed by atoms with E-state index in [0.717, 1.165) is 11.1 Å². The average molecular weight is 392 g/mol. The molecule has 1 rings (SSSR count). The summed E-state index contributed by atoms with van der Waals surface area (Å²) in [6.07, 6.45) is -1.24. The number of benzene rings is 1. The molecular formula is C21H33N3O4. The van der Waals surface area contributed by atoms with Crippen molar-refractivity contribution in [3.05, 3.63) is 29.3 Å². The first-order chi connectivity index (χ1) is 12.6. The summed E-state index contributed by atoms with van der Waals surface area (Å²) < 4.78 is 10.8. The molecule has 2 amide bonds. The number of hydrogen-bond donors (Lipinski definition) is 0. The maximum absolute atomic E-state index is 12.6. The lowest BCUT2D eigenvalue weighted by atomic mass is 10.1. The fraction of sp³-hybridized carbons (Fsp3) is 0.571. The summed E-state index contributed by atoms with van der Waals surface area (Å²) in [7, 11) is 3.02. The number of carbonyl (C=O) groups excluding carboxylic acids is 2. The van der Waals surface area contributed by atoms with E-state index in [-0.39, 0.29) is 5.96 Å². The summed E-state index contributed by atoms with van der Waals surface area (Å²) in [5.74, 6) is 0.103. The minimum Gasteiger partial charge on any atom is -0.443 e. The van der Waals surface area contributed by atoms with Gasteiger partial charge in [-0.3, -0.25) is 0 Å². The summed E-state index contributed by atoms with van der Waals surface area (Å²) in [6.45, 7) is 14.6. The molecule has 7 nitrogen and oxygen atoms in total. The molecule has 0 fully saturated rings. The molecule has 0 bridgehead atoms. The normalized spacial score (nSPS) is 11.5. The maximum atomic E-state index is 12.6. The smallest absolute Gasteiger partial charge is 0.416 e. The molecule has 0 aliphatic carbocycles. The molecular weight excluding hydrogens is 358 g/mol. The molecule has 0 aliphatic rings. The Morgan fingerprint density at radius 3 is 1.61 bits per heavy atom. The first kappa shape index (κ1) is 23.5. The number of aryl methyl sites for hydroxylation is 2. The number of ether oxygens (including phenoxy) is 2. The van der Waals surface area contributed by atoms with E-state index in [9.17, 15) is 9.59 Å². The molecule has 0 spiro atoms. The van der Waals surface area contributed by atoms with Crippen molar-refractivity contribution in [1.29, 1.82) is 0 Å². The predicted octanol–water partition coefficient (Wildman–Crippen LogP) is 5.02. The molecule has 0 saturated carbocycles. The molecule has 1 aromatic carbocycles. The van der Waals surface area contributed by atoms with Crippen molar-refractivity contribution in [2.45, 2.75) is 66.6 Å². The van der Waals surface area contributed by atoms with Gasteiger partial charge in [-0.1, -0.05) is 6.07 Å². The Morgan fingerprint density at radius 1 is 0.821 bits per heavy atom. The summed E-state index contributed by atoms with van der Waals surface area (Å²) in [5, 5.41) is 0. The summed E-state index contributed by atoms with van der Waals surface area (Å²) in [6, 6.07) is 5.65. The van der Waals surface area contributed by atoms with Crippen LogP contribution in [0.4, 0.5) is 15.3 Å². The highest BCUT2D eigenvalue weighted by Gasteiger charge is 2.30. The summed E-state index contributed by atoms with van der Waals surface area (Å²) >= 11 is 0. The van der Waals surface area contributed by atoms with Crippen LogP contribution in [0.5, 0.6) is 0 Å². The van der Waals surface area contributed by atoms with E-state index in [0.29, 0.717) is 5.69 Å². The molecule has 0 atom stereocenters. The second kappa shape index (κ2) is 8.63. The lowest BCUT2D eigenvalue weighted by Crippen LogP contribution is -2.48. The van der Waals surface area contributed by atoms with Gasteiger partial charge in [0.15, 0.2) is 0 Å². The van der Waals surface area contributed by atoms with Crippen molar-refractivity contribution in [2.75, 3.05) is 14.1 Å². The molecule has 0 aliphatic heterocycles. The number of carbonyl (C=O) groups is 2. The summed E-state index contributed by atoms with van der Waals surface area (Å²) in [4.78, 5) is 32.1. The standard InChI is InChI=1S/C21H33N3O4/c1-14-11-12-16(13-15(14)2)22-17(23(9)18(25)27-20(3,4)5)24(10)19(26)28-21(6,7)8/h11-13H,1-10H3. The van der Waals surface area contributed by atoms with Gasteiger partial charge in [0.2, 0.25) is 5.96 Å². The van der Waals surface area contributed by atoms with E-state index < -0.39 is 23.4 Å². The van der Waals surface area contributed by atoms with E-state index in [1.165, 1.54) is 23.9 Å². The number of nitrogens with zero attached hydrogens (tertiary/aromatic N) is 3. The van der Waals surface area contributed by atoms with Crippen LogP contribution in [0.1, 0.15) is 52.7 Å². The van der Waals surface area contributed by atoms with Crippen LogP contribution in [0, 0.1) is 13.8 Å². The van der Waals surface area contributed by atoms with Gasteiger partial charge in [-0.2, -0.15) is 0 Å².